The average molecular weight is 300 g/mol. The number of hydrogen-bond donors (Lipinski definition) is 2. The van der Waals surface area contributed by atoms with E-state index in [1.54, 1.807) is 48.5 Å². The van der Waals surface area contributed by atoms with Crippen LogP contribution in [0, 0.1) is 0 Å². The Morgan fingerprint density at radius 3 is 2.57 bits per heavy atom. The molecule has 0 aliphatic heterocycles. The summed E-state index contributed by atoms with van der Waals surface area (Å²) in [4.78, 5) is 30.2. The molecule has 0 atom stereocenters. The van der Waals surface area contributed by atoms with Gasteiger partial charge < -0.3 is 10.3 Å². The van der Waals surface area contributed by atoms with Crippen LogP contribution in [0.15, 0.2) is 53.3 Å². The molecule has 0 radical (unpaired) electrons. The number of halogens is 1. The number of hydrogen-bond acceptors (Lipinski definition) is 3. The second kappa shape index (κ2) is 5.38. The van der Waals surface area contributed by atoms with Crippen LogP contribution in [0.5, 0.6) is 0 Å². The minimum Gasteiger partial charge on any atom is -0.321 e. The topological polar surface area (TPSA) is 74.8 Å². The first-order chi connectivity index (χ1) is 10.1. The Hall–Kier alpha value is -2.66. The Kier molecular flexibility index (Phi) is 3.41. The molecule has 2 aromatic carbocycles. The molecule has 0 saturated carbocycles. The molecule has 0 aliphatic carbocycles. The van der Waals surface area contributed by atoms with Crippen LogP contribution >= 0.6 is 11.6 Å². The van der Waals surface area contributed by atoms with Gasteiger partial charge in [-0.3, -0.25) is 4.79 Å². The van der Waals surface area contributed by atoms with Crippen LogP contribution in [0.25, 0.3) is 10.9 Å². The van der Waals surface area contributed by atoms with E-state index in [2.05, 4.69) is 15.3 Å². The summed E-state index contributed by atoms with van der Waals surface area (Å²) in [6.07, 6.45) is 0. The number of rotatable bonds is 2. The lowest BCUT2D eigenvalue weighted by Crippen LogP contribution is -2.21. The number of para-hydroxylation sites is 1. The minimum absolute atomic E-state index is 0.0873. The number of aromatic nitrogens is 2. The van der Waals surface area contributed by atoms with E-state index in [0.717, 1.165) is 0 Å². The number of carbonyl (C=O) groups is 1. The van der Waals surface area contributed by atoms with Gasteiger partial charge in [-0.2, -0.15) is 4.98 Å². The van der Waals surface area contributed by atoms with E-state index in [1.165, 1.54) is 0 Å². The third-order valence-corrected chi connectivity index (χ3v) is 3.21. The van der Waals surface area contributed by atoms with Crippen molar-refractivity contribution < 1.29 is 4.79 Å². The second-order valence-electron chi connectivity index (χ2n) is 4.40. The van der Waals surface area contributed by atoms with Crippen molar-refractivity contribution in [3.8, 4) is 0 Å². The van der Waals surface area contributed by atoms with Gasteiger partial charge in [-0.05, 0) is 30.3 Å². The van der Waals surface area contributed by atoms with Crippen molar-refractivity contribution in [3.05, 3.63) is 69.7 Å². The number of anilines is 1. The fourth-order valence-corrected chi connectivity index (χ4v) is 2.13. The summed E-state index contributed by atoms with van der Waals surface area (Å²) in [5.74, 6) is -0.445. The number of amides is 1. The molecule has 1 amide bonds. The standard InChI is InChI=1S/C15H10ClN3O2/c16-9-5-7-10(8-6-9)17-14(20)13-11-3-1-2-4-12(11)18-15(21)19-13/h1-8H,(H,17,20)(H,18,19,21). The number of fused-ring (bicyclic) bond motifs is 1. The summed E-state index contributed by atoms with van der Waals surface area (Å²) >= 11 is 5.79. The summed E-state index contributed by atoms with van der Waals surface area (Å²) in [6, 6.07) is 13.7. The number of benzene rings is 2. The molecule has 0 fully saturated rings. The fourth-order valence-electron chi connectivity index (χ4n) is 2.00. The maximum absolute atomic E-state index is 12.3. The highest BCUT2D eigenvalue weighted by Crippen LogP contribution is 2.17. The third-order valence-electron chi connectivity index (χ3n) is 2.95. The van der Waals surface area contributed by atoms with Gasteiger partial charge in [0.1, 0.15) is 5.69 Å². The van der Waals surface area contributed by atoms with Crippen LogP contribution in [0.4, 0.5) is 5.69 Å². The SMILES string of the molecule is O=C(Nc1ccc(Cl)cc1)c1nc(=O)[nH]c2ccccc12. The van der Waals surface area contributed by atoms with Crippen molar-refractivity contribution in [1.82, 2.24) is 9.97 Å². The molecule has 0 saturated heterocycles. The van der Waals surface area contributed by atoms with E-state index in [9.17, 15) is 9.59 Å². The highest BCUT2D eigenvalue weighted by molar-refractivity contribution is 6.30. The Morgan fingerprint density at radius 1 is 1.10 bits per heavy atom. The molecule has 0 bridgehead atoms. The van der Waals surface area contributed by atoms with Gasteiger partial charge in [0, 0.05) is 16.1 Å². The number of aromatic amines is 1. The van der Waals surface area contributed by atoms with Crippen LogP contribution in [0.3, 0.4) is 0 Å². The van der Waals surface area contributed by atoms with Crippen molar-refractivity contribution in [2.45, 2.75) is 0 Å². The molecule has 3 aromatic rings. The Morgan fingerprint density at radius 2 is 1.81 bits per heavy atom. The van der Waals surface area contributed by atoms with Gasteiger partial charge in [-0.15, -0.1) is 0 Å². The van der Waals surface area contributed by atoms with Crippen molar-refractivity contribution in [2.75, 3.05) is 5.32 Å². The third kappa shape index (κ3) is 2.78. The predicted molar refractivity (Wildman–Crippen MR) is 81.8 cm³/mol. The monoisotopic (exact) mass is 299 g/mol. The van der Waals surface area contributed by atoms with Crippen LogP contribution in [-0.4, -0.2) is 15.9 Å². The first kappa shape index (κ1) is 13.3. The first-order valence-corrected chi connectivity index (χ1v) is 6.57. The molecule has 0 spiro atoms. The summed E-state index contributed by atoms with van der Waals surface area (Å²) in [5, 5.41) is 3.86. The van der Waals surface area contributed by atoms with Crippen LogP contribution < -0.4 is 11.0 Å². The summed E-state index contributed by atoms with van der Waals surface area (Å²) in [5.41, 5.74) is 0.675. The van der Waals surface area contributed by atoms with Crippen molar-refractivity contribution in [3.63, 3.8) is 0 Å². The highest BCUT2D eigenvalue weighted by Gasteiger charge is 2.13. The zero-order valence-corrected chi connectivity index (χ0v) is 11.5. The molecular weight excluding hydrogens is 290 g/mol. The van der Waals surface area contributed by atoms with Gasteiger partial charge >= 0.3 is 5.69 Å². The number of carbonyl (C=O) groups excluding carboxylic acids is 1. The maximum Gasteiger partial charge on any atom is 0.346 e. The summed E-state index contributed by atoms with van der Waals surface area (Å²) < 4.78 is 0. The molecule has 5 nitrogen and oxygen atoms in total. The highest BCUT2D eigenvalue weighted by atomic mass is 35.5. The molecule has 3 rings (SSSR count). The number of H-pyrrole nitrogens is 1. The summed E-state index contributed by atoms with van der Waals surface area (Å²) in [7, 11) is 0. The van der Waals surface area contributed by atoms with Gasteiger partial charge in [0.05, 0.1) is 5.52 Å². The van der Waals surface area contributed by atoms with Crippen LogP contribution in [0.2, 0.25) is 5.02 Å². The molecule has 0 unspecified atom stereocenters. The predicted octanol–water partition coefficient (Wildman–Crippen LogP) is 2.83. The van der Waals surface area contributed by atoms with Crippen molar-refractivity contribution in [2.24, 2.45) is 0 Å². The van der Waals surface area contributed by atoms with E-state index in [0.29, 0.717) is 21.6 Å². The molecule has 0 aliphatic rings. The normalized spacial score (nSPS) is 10.5. The molecule has 21 heavy (non-hydrogen) atoms. The molecular formula is C15H10ClN3O2. The molecule has 6 heteroatoms. The van der Waals surface area contributed by atoms with E-state index in [1.807, 2.05) is 0 Å². The minimum atomic E-state index is -0.560. The Labute approximate surface area is 124 Å². The second-order valence-corrected chi connectivity index (χ2v) is 4.83. The van der Waals surface area contributed by atoms with Crippen LogP contribution in [-0.2, 0) is 0 Å². The summed E-state index contributed by atoms with van der Waals surface area (Å²) in [6.45, 7) is 0. The largest absolute Gasteiger partial charge is 0.346 e. The Balaban J connectivity index is 2.01. The van der Waals surface area contributed by atoms with Gasteiger partial charge in [0.25, 0.3) is 5.91 Å². The first-order valence-electron chi connectivity index (χ1n) is 6.19. The van der Waals surface area contributed by atoms with Crippen molar-refractivity contribution >= 4 is 34.1 Å². The number of nitrogens with one attached hydrogen (secondary N) is 2. The van der Waals surface area contributed by atoms with Crippen molar-refractivity contribution in [1.29, 1.82) is 0 Å². The fraction of sp³-hybridized carbons (Fsp3) is 0. The van der Waals surface area contributed by atoms with E-state index >= 15 is 0 Å². The maximum atomic E-state index is 12.3. The molecule has 1 heterocycles. The lowest BCUT2D eigenvalue weighted by molar-refractivity contribution is 0.102. The number of nitrogens with zero attached hydrogens (tertiary/aromatic N) is 1. The van der Waals surface area contributed by atoms with Crippen LogP contribution in [0.1, 0.15) is 10.5 Å². The van der Waals surface area contributed by atoms with Gasteiger partial charge in [-0.25, -0.2) is 4.79 Å². The van der Waals surface area contributed by atoms with E-state index in [-0.39, 0.29) is 5.69 Å². The van der Waals surface area contributed by atoms with E-state index < -0.39 is 11.6 Å². The quantitative estimate of drug-likeness (QED) is 0.764. The zero-order valence-electron chi connectivity index (χ0n) is 10.8. The lowest BCUT2D eigenvalue weighted by Gasteiger charge is -2.06. The molecule has 1 aromatic heterocycles. The average Bonchev–Trinajstić information content (AvgIpc) is 2.48. The zero-order chi connectivity index (χ0) is 14.8. The van der Waals surface area contributed by atoms with E-state index in [4.69, 9.17) is 11.6 Å². The molecule has 104 valence electrons. The Bertz CT molecular complexity index is 872. The smallest absolute Gasteiger partial charge is 0.321 e. The van der Waals surface area contributed by atoms with Gasteiger partial charge in [0.2, 0.25) is 0 Å². The van der Waals surface area contributed by atoms with Gasteiger partial charge in [-0.1, -0.05) is 29.8 Å². The molecule has 2 N–H and O–H groups in total. The van der Waals surface area contributed by atoms with Gasteiger partial charge in [0.15, 0.2) is 0 Å². The lowest BCUT2D eigenvalue weighted by atomic mass is 10.2.